The number of piperazine rings is 1. The molecule has 2 heterocycles. The van der Waals surface area contributed by atoms with E-state index in [4.69, 9.17) is 4.74 Å². The Bertz CT molecular complexity index is 749. The largest absolute Gasteiger partial charge is 0.497 e. The molecule has 0 saturated carbocycles. The molecule has 2 amide bonds. The van der Waals surface area contributed by atoms with Crippen molar-refractivity contribution in [3.8, 4) is 5.75 Å². The van der Waals surface area contributed by atoms with Crippen molar-refractivity contribution >= 4 is 17.5 Å². The standard InChI is InChI=1S/C20H29FN4O3/c1-20(2,3)23-19(27)12-25-10-15-8-16(25)9-24(15)11-18(26)22-14-5-13(21)6-17(7-14)28-4/h5-7,15-16H,8-12H2,1-4H3,(H,22,26)(H,23,27)/t15-,16-/m0/s1. The van der Waals surface area contributed by atoms with Crippen molar-refractivity contribution in [1.82, 2.24) is 15.1 Å². The summed E-state index contributed by atoms with van der Waals surface area (Å²) in [5.74, 6) is -0.250. The van der Waals surface area contributed by atoms with E-state index in [0.29, 0.717) is 18.0 Å². The number of fused-ring (bicyclic) bond motifs is 2. The number of halogens is 1. The summed E-state index contributed by atoms with van der Waals surface area (Å²) in [7, 11) is 1.45. The number of nitrogens with zero attached hydrogens (tertiary/aromatic N) is 2. The van der Waals surface area contributed by atoms with E-state index in [1.165, 1.54) is 19.2 Å². The van der Waals surface area contributed by atoms with E-state index < -0.39 is 5.82 Å². The van der Waals surface area contributed by atoms with Crippen molar-refractivity contribution < 1.29 is 18.7 Å². The molecule has 2 atom stereocenters. The number of methoxy groups -OCH3 is 1. The van der Waals surface area contributed by atoms with Gasteiger partial charge in [-0.2, -0.15) is 0 Å². The smallest absolute Gasteiger partial charge is 0.238 e. The van der Waals surface area contributed by atoms with E-state index in [9.17, 15) is 14.0 Å². The Labute approximate surface area is 165 Å². The van der Waals surface area contributed by atoms with Crippen LogP contribution in [-0.4, -0.2) is 72.5 Å². The van der Waals surface area contributed by atoms with Gasteiger partial charge in [0, 0.05) is 48.5 Å². The van der Waals surface area contributed by atoms with E-state index in [2.05, 4.69) is 20.4 Å². The molecule has 1 aromatic carbocycles. The Kier molecular flexibility index (Phi) is 5.90. The van der Waals surface area contributed by atoms with Gasteiger partial charge in [0.15, 0.2) is 0 Å². The fourth-order valence-corrected chi connectivity index (χ4v) is 4.00. The van der Waals surface area contributed by atoms with Crippen molar-refractivity contribution in [1.29, 1.82) is 0 Å². The molecule has 1 aromatic rings. The van der Waals surface area contributed by atoms with Gasteiger partial charge in [0.1, 0.15) is 11.6 Å². The second-order valence-electron chi connectivity index (χ2n) is 8.63. The van der Waals surface area contributed by atoms with Crippen LogP contribution >= 0.6 is 0 Å². The van der Waals surface area contributed by atoms with Crippen LogP contribution in [0.5, 0.6) is 5.75 Å². The van der Waals surface area contributed by atoms with Crippen LogP contribution in [0.15, 0.2) is 18.2 Å². The molecule has 0 radical (unpaired) electrons. The van der Waals surface area contributed by atoms with Crippen molar-refractivity contribution in [3.05, 3.63) is 24.0 Å². The summed E-state index contributed by atoms with van der Waals surface area (Å²) < 4.78 is 18.6. The molecule has 2 N–H and O–H groups in total. The molecular formula is C20H29FN4O3. The third kappa shape index (κ3) is 5.20. The Balaban J connectivity index is 1.49. The Hall–Kier alpha value is -2.19. The number of ether oxygens (including phenoxy) is 1. The third-order valence-corrected chi connectivity index (χ3v) is 5.07. The lowest BCUT2D eigenvalue weighted by atomic mass is 10.1. The molecule has 0 aromatic heterocycles. The number of carbonyl (C=O) groups excluding carboxylic acids is 2. The third-order valence-electron chi connectivity index (χ3n) is 5.07. The van der Waals surface area contributed by atoms with Crippen LogP contribution in [0.25, 0.3) is 0 Å². The van der Waals surface area contributed by atoms with Crippen LogP contribution in [0.1, 0.15) is 27.2 Å². The molecular weight excluding hydrogens is 363 g/mol. The van der Waals surface area contributed by atoms with Gasteiger partial charge in [-0.15, -0.1) is 0 Å². The van der Waals surface area contributed by atoms with Crippen molar-refractivity contribution in [2.45, 2.75) is 44.8 Å². The first kappa shape index (κ1) is 20.5. The fourth-order valence-electron chi connectivity index (χ4n) is 4.00. The highest BCUT2D eigenvalue weighted by Crippen LogP contribution is 2.30. The summed E-state index contributed by atoms with van der Waals surface area (Å²) in [6.07, 6.45) is 0.962. The number of benzene rings is 1. The monoisotopic (exact) mass is 392 g/mol. The average molecular weight is 392 g/mol. The van der Waals surface area contributed by atoms with Crippen molar-refractivity contribution in [2.75, 3.05) is 38.6 Å². The number of hydrogen-bond donors (Lipinski definition) is 2. The maximum atomic E-state index is 13.6. The Morgan fingerprint density at radius 1 is 1.11 bits per heavy atom. The van der Waals surface area contributed by atoms with Gasteiger partial charge in [0.25, 0.3) is 0 Å². The van der Waals surface area contributed by atoms with Gasteiger partial charge in [0.05, 0.1) is 20.2 Å². The highest BCUT2D eigenvalue weighted by molar-refractivity contribution is 5.92. The highest BCUT2D eigenvalue weighted by atomic mass is 19.1. The Morgan fingerprint density at radius 2 is 1.71 bits per heavy atom. The van der Waals surface area contributed by atoms with Crippen molar-refractivity contribution in [2.24, 2.45) is 0 Å². The summed E-state index contributed by atoms with van der Waals surface area (Å²) in [6.45, 7) is 8.08. The number of likely N-dealkylation sites (tertiary alicyclic amines) is 2. The van der Waals surface area contributed by atoms with Gasteiger partial charge in [-0.05, 0) is 33.3 Å². The number of carbonyl (C=O) groups is 2. The van der Waals surface area contributed by atoms with E-state index in [0.717, 1.165) is 19.5 Å². The first-order valence-electron chi connectivity index (χ1n) is 9.56. The summed E-state index contributed by atoms with van der Waals surface area (Å²) in [5.41, 5.74) is 0.145. The molecule has 8 heteroatoms. The van der Waals surface area contributed by atoms with Crippen LogP contribution in [-0.2, 0) is 9.59 Å². The molecule has 2 aliphatic heterocycles. The molecule has 0 unspecified atom stereocenters. The van der Waals surface area contributed by atoms with Crippen LogP contribution in [0.2, 0.25) is 0 Å². The fraction of sp³-hybridized carbons (Fsp3) is 0.600. The summed E-state index contributed by atoms with van der Waals surface area (Å²) >= 11 is 0. The number of hydrogen-bond acceptors (Lipinski definition) is 5. The zero-order valence-electron chi connectivity index (χ0n) is 16.9. The first-order chi connectivity index (χ1) is 13.1. The average Bonchev–Trinajstić information content (AvgIpc) is 3.11. The molecule has 7 nitrogen and oxygen atoms in total. The molecule has 2 fully saturated rings. The normalized spacial score (nSPS) is 22.3. The van der Waals surface area contributed by atoms with Crippen LogP contribution in [0, 0.1) is 5.82 Å². The predicted octanol–water partition coefficient (Wildman–Crippen LogP) is 1.45. The second kappa shape index (κ2) is 8.05. The number of rotatable bonds is 6. The molecule has 28 heavy (non-hydrogen) atoms. The van der Waals surface area contributed by atoms with Gasteiger partial charge >= 0.3 is 0 Å². The maximum Gasteiger partial charge on any atom is 0.238 e. The predicted molar refractivity (Wildman–Crippen MR) is 105 cm³/mol. The van der Waals surface area contributed by atoms with Crippen LogP contribution < -0.4 is 15.4 Å². The lowest BCUT2D eigenvalue weighted by molar-refractivity contribution is -0.124. The van der Waals surface area contributed by atoms with E-state index in [1.54, 1.807) is 6.07 Å². The van der Waals surface area contributed by atoms with Crippen LogP contribution in [0.4, 0.5) is 10.1 Å². The van der Waals surface area contributed by atoms with Crippen LogP contribution in [0.3, 0.4) is 0 Å². The van der Waals surface area contributed by atoms with E-state index in [-0.39, 0.29) is 36.0 Å². The van der Waals surface area contributed by atoms with Crippen molar-refractivity contribution in [3.63, 3.8) is 0 Å². The summed E-state index contributed by atoms with van der Waals surface area (Å²) in [4.78, 5) is 28.9. The molecule has 2 saturated heterocycles. The van der Waals surface area contributed by atoms with Gasteiger partial charge in [-0.1, -0.05) is 0 Å². The number of anilines is 1. The highest BCUT2D eigenvalue weighted by Gasteiger charge is 2.44. The van der Waals surface area contributed by atoms with Gasteiger partial charge < -0.3 is 15.4 Å². The molecule has 2 aliphatic rings. The lowest BCUT2D eigenvalue weighted by Gasteiger charge is -2.34. The number of nitrogens with one attached hydrogen (secondary N) is 2. The SMILES string of the molecule is COc1cc(F)cc(NC(=O)CN2C[C@@H]3C[C@H]2CN3CC(=O)NC(C)(C)C)c1. The zero-order chi connectivity index (χ0) is 20.5. The minimum atomic E-state index is -0.459. The molecule has 0 spiro atoms. The van der Waals surface area contributed by atoms with E-state index in [1.807, 2.05) is 20.8 Å². The zero-order valence-corrected chi connectivity index (χ0v) is 16.9. The topological polar surface area (TPSA) is 73.9 Å². The molecule has 3 rings (SSSR count). The van der Waals surface area contributed by atoms with Gasteiger partial charge in [-0.25, -0.2) is 4.39 Å². The number of amides is 2. The Morgan fingerprint density at radius 3 is 2.25 bits per heavy atom. The van der Waals surface area contributed by atoms with E-state index >= 15 is 0 Å². The quantitative estimate of drug-likeness (QED) is 0.767. The van der Waals surface area contributed by atoms with Gasteiger partial charge in [0.2, 0.25) is 11.8 Å². The lowest BCUT2D eigenvalue weighted by Crippen LogP contribution is -2.52. The molecule has 154 valence electrons. The maximum absolute atomic E-state index is 13.6. The molecule has 2 bridgehead atoms. The summed E-state index contributed by atoms with van der Waals surface area (Å²) in [5, 5.41) is 5.73. The minimum Gasteiger partial charge on any atom is -0.497 e. The first-order valence-corrected chi connectivity index (χ1v) is 9.56. The minimum absolute atomic E-state index is 0.0318. The summed E-state index contributed by atoms with van der Waals surface area (Å²) in [6, 6.07) is 4.68. The second-order valence-corrected chi connectivity index (χ2v) is 8.63. The molecule has 0 aliphatic carbocycles. The van der Waals surface area contributed by atoms with Gasteiger partial charge in [-0.3, -0.25) is 19.4 Å².